The van der Waals surface area contributed by atoms with Crippen LogP contribution in [0.3, 0.4) is 0 Å². The zero-order chi connectivity index (χ0) is 20.4. The number of hydrogen-bond acceptors (Lipinski definition) is 6. The summed E-state index contributed by atoms with van der Waals surface area (Å²) in [5.41, 5.74) is 8.04. The fraction of sp³-hybridized carbons (Fsp3) is 0.238. The lowest BCUT2D eigenvalue weighted by Gasteiger charge is -2.27. The Labute approximate surface area is 167 Å². The molecule has 0 radical (unpaired) electrons. The van der Waals surface area contributed by atoms with Gasteiger partial charge in [-0.05, 0) is 31.0 Å². The van der Waals surface area contributed by atoms with Crippen LogP contribution in [0.4, 0.5) is 0 Å². The number of nitrogens with zero attached hydrogens (tertiary/aromatic N) is 5. The number of rotatable bonds is 5. The van der Waals surface area contributed by atoms with E-state index in [0.717, 1.165) is 24.2 Å². The molecule has 1 atom stereocenters. The molecule has 1 aliphatic rings. The highest BCUT2D eigenvalue weighted by atomic mass is 16.5. The topological polar surface area (TPSA) is 112 Å². The van der Waals surface area contributed by atoms with E-state index < -0.39 is 5.92 Å². The number of allylic oxidation sites excluding steroid dienone is 1. The van der Waals surface area contributed by atoms with Gasteiger partial charge >= 0.3 is 0 Å². The molecule has 3 aromatic rings. The van der Waals surface area contributed by atoms with Crippen LogP contribution < -0.4 is 16.0 Å². The molecule has 1 unspecified atom stereocenters. The Morgan fingerprint density at radius 3 is 2.72 bits per heavy atom. The van der Waals surface area contributed by atoms with Crippen molar-refractivity contribution in [3.63, 3.8) is 0 Å². The van der Waals surface area contributed by atoms with E-state index in [0.29, 0.717) is 17.9 Å². The van der Waals surface area contributed by atoms with Crippen LogP contribution in [0.5, 0.6) is 5.75 Å². The van der Waals surface area contributed by atoms with E-state index in [2.05, 4.69) is 16.0 Å². The number of aryl methyl sites for hydroxylation is 2. The van der Waals surface area contributed by atoms with Crippen LogP contribution in [0.1, 0.15) is 29.2 Å². The van der Waals surface area contributed by atoms with Crippen molar-refractivity contribution < 1.29 is 4.74 Å². The summed E-state index contributed by atoms with van der Waals surface area (Å²) in [7, 11) is 0. The van der Waals surface area contributed by atoms with E-state index in [4.69, 9.17) is 10.5 Å². The predicted octanol–water partition coefficient (Wildman–Crippen LogP) is 2.06. The maximum absolute atomic E-state index is 13.5. The quantitative estimate of drug-likeness (QED) is 0.716. The highest BCUT2D eigenvalue weighted by molar-refractivity contribution is 5.54. The SMILES string of the molecule is Cc1cc2c(c(=O)n1CCCn1ccnc1)C(c1ccncc1)C(C#N)=C(N)O2. The molecule has 1 aliphatic heterocycles. The summed E-state index contributed by atoms with van der Waals surface area (Å²) in [4.78, 5) is 21.5. The third-order valence-electron chi connectivity index (χ3n) is 5.09. The van der Waals surface area contributed by atoms with Gasteiger partial charge in [-0.1, -0.05) is 0 Å². The van der Waals surface area contributed by atoms with E-state index in [9.17, 15) is 10.1 Å². The number of hydrogen-bond donors (Lipinski definition) is 1. The number of nitriles is 1. The van der Waals surface area contributed by atoms with Gasteiger partial charge in [-0.3, -0.25) is 9.78 Å². The van der Waals surface area contributed by atoms with E-state index in [1.807, 2.05) is 23.8 Å². The molecule has 2 N–H and O–H groups in total. The van der Waals surface area contributed by atoms with Crippen LogP contribution in [0.15, 0.2) is 65.6 Å². The maximum Gasteiger partial charge on any atom is 0.258 e. The number of fused-ring (bicyclic) bond motifs is 1. The standard InChI is InChI=1S/C21H20N6O2/c1-14-11-17-19(21(28)27(14)9-2-8-26-10-7-25-13-26)18(15-3-5-24-6-4-15)16(12-22)20(23)29-17/h3-7,10-11,13,18H,2,8-9,23H2,1H3. The van der Waals surface area contributed by atoms with Gasteiger partial charge in [0.2, 0.25) is 5.88 Å². The summed E-state index contributed by atoms with van der Waals surface area (Å²) < 4.78 is 9.36. The van der Waals surface area contributed by atoms with E-state index in [-0.39, 0.29) is 17.0 Å². The van der Waals surface area contributed by atoms with Gasteiger partial charge in [0.25, 0.3) is 5.56 Å². The number of nitrogens with two attached hydrogens (primary N) is 1. The second-order valence-electron chi connectivity index (χ2n) is 6.88. The number of imidazole rings is 1. The molecule has 4 heterocycles. The molecule has 0 fully saturated rings. The molecular weight excluding hydrogens is 368 g/mol. The third-order valence-corrected chi connectivity index (χ3v) is 5.09. The highest BCUT2D eigenvalue weighted by Gasteiger charge is 2.34. The maximum atomic E-state index is 13.5. The Morgan fingerprint density at radius 1 is 1.24 bits per heavy atom. The van der Waals surface area contributed by atoms with Gasteiger partial charge in [0, 0.05) is 49.6 Å². The Hall–Kier alpha value is -3.86. The van der Waals surface area contributed by atoms with Gasteiger partial charge in [0.1, 0.15) is 17.4 Å². The fourth-order valence-corrected chi connectivity index (χ4v) is 3.68. The molecule has 8 nitrogen and oxygen atoms in total. The molecular formula is C21H20N6O2. The minimum Gasteiger partial charge on any atom is -0.440 e. The van der Waals surface area contributed by atoms with E-state index in [1.165, 1.54) is 0 Å². The largest absolute Gasteiger partial charge is 0.440 e. The summed E-state index contributed by atoms with van der Waals surface area (Å²) >= 11 is 0. The number of pyridine rings is 2. The third kappa shape index (κ3) is 3.38. The number of aromatic nitrogens is 4. The van der Waals surface area contributed by atoms with Crippen molar-refractivity contribution in [2.45, 2.75) is 32.4 Å². The van der Waals surface area contributed by atoms with Crippen LogP contribution in [0.25, 0.3) is 0 Å². The molecule has 0 amide bonds. The van der Waals surface area contributed by atoms with Crippen molar-refractivity contribution in [2.24, 2.45) is 5.73 Å². The summed E-state index contributed by atoms with van der Waals surface area (Å²) in [5, 5.41) is 9.68. The molecule has 0 aromatic carbocycles. The van der Waals surface area contributed by atoms with Crippen LogP contribution in [-0.2, 0) is 13.1 Å². The van der Waals surface area contributed by atoms with Crippen LogP contribution in [-0.4, -0.2) is 19.1 Å². The van der Waals surface area contributed by atoms with Crippen LogP contribution in [0, 0.1) is 18.3 Å². The van der Waals surface area contributed by atoms with Crippen molar-refractivity contribution in [3.05, 3.63) is 87.9 Å². The molecule has 0 saturated carbocycles. The lowest BCUT2D eigenvalue weighted by Crippen LogP contribution is -2.33. The smallest absolute Gasteiger partial charge is 0.258 e. The molecule has 29 heavy (non-hydrogen) atoms. The van der Waals surface area contributed by atoms with Gasteiger partial charge < -0.3 is 19.6 Å². The van der Waals surface area contributed by atoms with E-state index in [1.54, 1.807) is 41.6 Å². The first-order chi connectivity index (χ1) is 14.1. The highest BCUT2D eigenvalue weighted by Crippen LogP contribution is 2.40. The zero-order valence-corrected chi connectivity index (χ0v) is 15.9. The lowest BCUT2D eigenvalue weighted by molar-refractivity contribution is 0.387. The van der Waals surface area contributed by atoms with Crippen molar-refractivity contribution in [1.82, 2.24) is 19.1 Å². The first-order valence-corrected chi connectivity index (χ1v) is 9.27. The molecule has 3 aromatic heterocycles. The van der Waals surface area contributed by atoms with Gasteiger partial charge in [0.05, 0.1) is 17.8 Å². The fourth-order valence-electron chi connectivity index (χ4n) is 3.68. The van der Waals surface area contributed by atoms with E-state index >= 15 is 0 Å². The lowest BCUT2D eigenvalue weighted by atomic mass is 9.84. The van der Waals surface area contributed by atoms with Crippen molar-refractivity contribution in [3.8, 4) is 11.8 Å². The van der Waals surface area contributed by atoms with Crippen molar-refractivity contribution in [1.29, 1.82) is 5.26 Å². The van der Waals surface area contributed by atoms with Crippen LogP contribution >= 0.6 is 0 Å². The second kappa shape index (κ2) is 7.64. The molecule has 4 rings (SSSR count). The minimum absolute atomic E-state index is 0.0264. The summed E-state index contributed by atoms with van der Waals surface area (Å²) in [6, 6.07) is 7.50. The summed E-state index contributed by atoms with van der Waals surface area (Å²) in [6.07, 6.45) is 9.40. The first-order valence-electron chi connectivity index (χ1n) is 9.27. The zero-order valence-electron chi connectivity index (χ0n) is 15.9. The van der Waals surface area contributed by atoms with Gasteiger partial charge in [-0.25, -0.2) is 4.98 Å². The molecule has 8 heteroatoms. The Bertz CT molecular complexity index is 1160. The molecule has 0 saturated heterocycles. The van der Waals surface area contributed by atoms with Crippen molar-refractivity contribution >= 4 is 0 Å². The Balaban J connectivity index is 1.77. The Kier molecular flexibility index (Phi) is 4.87. The van der Waals surface area contributed by atoms with Crippen LogP contribution in [0.2, 0.25) is 0 Å². The first kappa shape index (κ1) is 18.5. The summed E-state index contributed by atoms with van der Waals surface area (Å²) in [6.45, 7) is 3.16. The van der Waals surface area contributed by atoms with Gasteiger partial charge in [-0.15, -0.1) is 0 Å². The molecule has 0 aliphatic carbocycles. The van der Waals surface area contributed by atoms with Gasteiger partial charge in [-0.2, -0.15) is 5.26 Å². The van der Waals surface area contributed by atoms with Gasteiger partial charge in [0.15, 0.2) is 0 Å². The molecule has 146 valence electrons. The molecule has 0 bridgehead atoms. The Morgan fingerprint density at radius 2 is 2.03 bits per heavy atom. The monoisotopic (exact) mass is 388 g/mol. The minimum atomic E-state index is -0.584. The van der Waals surface area contributed by atoms with Crippen molar-refractivity contribution in [2.75, 3.05) is 0 Å². The number of ether oxygens (including phenoxy) is 1. The average Bonchev–Trinajstić information content (AvgIpc) is 3.23. The predicted molar refractivity (Wildman–Crippen MR) is 106 cm³/mol. The normalized spacial score (nSPS) is 15.5. The molecule has 0 spiro atoms. The second-order valence-corrected chi connectivity index (χ2v) is 6.88. The average molecular weight is 388 g/mol. The summed E-state index contributed by atoms with van der Waals surface area (Å²) in [5.74, 6) is -0.158.